The number of thiocarbonyl (C=S) groups is 1. The number of amides is 2. The Morgan fingerprint density at radius 2 is 1.97 bits per heavy atom. The van der Waals surface area contributed by atoms with Crippen LogP contribution in [0.1, 0.15) is 44.2 Å². The van der Waals surface area contributed by atoms with Crippen molar-refractivity contribution in [1.82, 2.24) is 10.6 Å². The molecule has 0 aliphatic heterocycles. The molecule has 0 bridgehead atoms. The molecule has 1 aliphatic rings. The third-order valence-electron chi connectivity index (χ3n) is 4.27. The number of rotatable bonds is 5. The molecule has 1 aliphatic carbocycles. The second kappa shape index (κ2) is 9.09. The van der Waals surface area contributed by atoms with Crippen LogP contribution in [0.5, 0.6) is 0 Å². The number of nitrogens with one attached hydrogen (secondary N) is 3. The van der Waals surface area contributed by atoms with E-state index in [1.807, 2.05) is 0 Å². The summed E-state index contributed by atoms with van der Waals surface area (Å²) in [5.41, 5.74) is 6.97. The van der Waals surface area contributed by atoms with E-state index >= 15 is 0 Å². The van der Waals surface area contributed by atoms with E-state index in [-0.39, 0.29) is 10.9 Å². The molecule has 0 spiro atoms. The molecule has 0 radical (unpaired) electrons. The molecule has 0 saturated carbocycles. The number of alkyl halides is 3. The maximum atomic E-state index is 12.2. The fraction of sp³-hybridized carbons (Fsp3) is 0.353. The van der Waals surface area contributed by atoms with E-state index in [2.05, 4.69) is 16.0 Å². The number of thiophene rings is 1. The summed E-state index contributed by atoms with van der Waals surface area (Å²) in [7, 11) is 0. The van der Waals surface area contributed by atoms with Gasteiger partial charge in [-0.15, -0.1) is 11.3 Å². The first-order valence-electron chi connectivity index (χ1n) is 8.59. The van der Waals surface area contributed by atoms with E-state index in [0.29, 0.717) is 10.6 Å². The van der Waals surface area contributed by atoms with Crippen LogP contribution in [0, 0.1) is 0 Å². The summed E-state index contributed by atoms with van der Waals surface area (Å²) in [6.07, 6.45) is 3.92. The van der Waals surface area contributed by atoms with Crippen LogP contribution in [-0.4, -0.2) is 26.9 Å². The third-order valence-corrected chi connectivity index (χ3v) is 6.35. The molecule has 0 fully saturated rings. The van der Waals surface area contributed by atoms with Gasteiger partial charge in [0, 0.05) is 4.88 Å². The molecule has 1 atom stereocenters. The van der Waals surface area contributed by atoms with Gasteiger partial charge in [0.05, 0.1) is 11.8 Å². The first-order chi connectivity index (χ1) is 13.7. The molecule has 3 rings (SSSR count). The van der Waals surface area contributed by atoms with Gasteiger partial charge < -0.3 is 26.1 Å². The molecule has 0 saturated heterocycles. The average molecular weight is 496 g/mol. The maximum Gasteiger partial charge on any atom is 0.288 e. The number of halogens is 3. The maximum absolute atomic E-state index is 12.2. The van der Waals surface area contributed by atoms with Gasteiger partial charge in [-0.05, 0) is 55.6 Å². The number of hydrogen-bond acceptors (Lipinski definition) is 5. The van der Waals surface area contributed by atoms with Gasteiger partial charge >= 0.3 is 0 Å². The molecule has 5 N–H and O–H groups in total. The van der Waals surface area contributed by atoms with Gasteiger partial charge in [-0.25, -0.2) is 0 Å². The Morgan fingerprint density at radius 1 is 1.24 bits per heavy atom. The van der Waals surface area contributed by atoms with Crippen molar-refractivity contribution in [3.63, 3.8) is 0 Å². The molecule has 29 heavy (non-hydrogen) atoms. The zero-order chi connectivity index (χ0) is 21.2. The van der Waals surface area contributed by atoms with Crippen LogP contribution in [0.3, 0.4) is 0 Å². The van der Waals surface area contributed by atoms with Crippen molar-refractivity contribution < 1.29 is 14.0 Å². The molecule has 7 nitrogen and oxygen atoms in total. The average Bonchev–Trinajstić information content (AvgIpc) is 3.27. The van der Waals surface area contributed by atoms with E-state index < -0.39 is 21.8 Å². The first kappa shape index (κ1) is 22.2. The van der Waals surface area contributed by atoms with E-state index in [0.717, 1.165) is 36.1 Å². The number of nitrogens with two attached hydrogens (primary N) is 1. The topological polar surface area (TPSA) is 109 Å². The first-order valence-corrected chi connectivity index (χ1v) is 11.0. The van der Waals surface area contributed by atoms with Crippen molar-refractivity contribution in [2.45, 2.75) is 35.6 Å². The van der Waals surface area contributed by atoms with Gasteiger partial charge in [0.2, 0.25) is 3.79 Å². The molecule has 0 unspecified atom stereocenters. The third kappa shape index (κ3) is 5.35. The number of carbonyl (C=O) groups is 2. The Balaban J connectivity index is 1.75. The molecular formula is C17H17Cl3N4O3S2. The van der Waals surface area contributed by atoms with Crippen molar-refractivity contribution in [2.24, 2.45) is 5.73 Å². The second-order valence-corrected chi connectivity index (χ2v) is 10.2. The highest BCUT2D eigenvalue weighted by Gasteiger charge is 2.35. The summed E-state index contributed by atoms with van der Waals surface area (Å²) in [6.45, 7) is 0. The zero-order valence-electron chi connectivity index (χ0n) is 14.9. The van der Waals surface area contributed by atoms with Crippen LogP contribution in [0.25, 0.3) is 0 Å². The van der Waals surface area contributed by atoms with E-state index in [1.54, 1.807) is 6.07 Å². The van der Waals surface area contributed by atoms with Crippen LogP contribution in [-0.2, 0) is 12.8 Å². The summed E-state index contributed by atoms with van der Waals surface area (Å²) in [4.78, 5) is 25.3. The van der Waals surface area contributed by atoms with Crippen LogP contribution >= 0.6 is 58.4 Å². The monoisotopic (exact) mass is 494 g/mol. The van der Waals surface area contributed by atoms with Crippen LogP contribution < -0.4 is 21.7 Å². The fourth-order valence-electron chi connectivity index (χ4n) is 2.99. The van der Waals surface area contributed by atoms with E-state index in [1.165, 1.54) is 23.7 Å². The molecule has 12 heteroatoms. The Labute approximate surface area is 191 Å². The van der Waals surface area contributed by atoms with Crippen LogP contribution in [0.15, 0.2) is 22.8 Å². The number of hydrogen-bond donors (Lipinski definition) is 4. The normalized spacial score (nSPS) is 14.6. The quantitative estimate of drug-likeness (QED) is 0.286. The zero-order valence-corrected chi connectivity index (χ0v) is 18.8. The molecule has 2 amide bonds. The molecule has 2 heterocycles. The van der Waals surface area contributed by atoms with Gasteiger partial charge in [0.1, 0.15) is 11.2 Å². The lowest BCUT2D eigenvalue weighted by Crippen LogP contribution is -2.56. The number of furan rings is 1. The minimum Gasteiger partial charge on any atom is -0.459 e. The lowest BCUT2D eigenvalue weighted by molar-refractivity contribution is 0.0906. The van der Waals surface area contributed by atoms with Crippen molar-refractivity contribution in [3.05, 3.63) is 40.2 Å². The Hall–Kier alpha value is -1.52. The summed E-state index contributed by atoms with van der Waals surface area (Å²) >= 11 is 24.7. The minimum absolute atomic E-state index is 0.0480. The molecule has 0 aromatic carbocycles. The SMILES string of the molecule is NC(=O)c1c(NC(=S)N[C@H](NC(=O)c2ccco2)C(Cl)(Cl)Cl)sc2c1CCCC2. The van der Waals surface area contributed by atoms with Gasteiger partial charge in [-0.3, -0.25) is 9.59 Å². The number of anilines is 1. The smallest absolute Gasteiger partial charge is 0.288 e. The van der Waals surface area contributed by atoms with Crippen LogP contribution in [0.4, 0.5) is 5.00 Å². The number of fused-ring (bicyclic) bond motifs is 1. The van der Waals surface area contributed by atoms with E-state index in [9.17, 15) is 9.59 Å². The Morgan fingerprint density at radius 3 is 2.59 bits per heavy atom. The Bertz CT molecular complexity index is 925. The second-order valence-electron chi connectivity index (χ2n) is 6.30. The summed E-state index contributed by atoms with van der Waals surface area (Å²) < 4.78 is 3.11. The largest absolute Gasteiger partial charge is 0.459 e. The van der Waals surface area contributed by atoms with Crippen molar-refractivity contribution in [1.29, 1.82) is 0 Å². The molecule has 2 aromatic heterocycles. The van der Waals surface area contributed by atoms with Gasteiger partial charge in [0.25, 0.3) is 11.8 Å². The predicted octanol–water partition coefficient (Wildman–Crippen LogP) is 3.73. The van der Waals surface area contributed by atoms with Crippen molar-refractivity contribution >= 4 is 80.3 Å². The highest BCUT2D eigenvalue weighted by molar-refractivity contribution is 7.80. The number of carbonyl (C=O) groups excluding carboxylic acids is 2. The summed E-state index contributed by atoms with van der Waals surface area (Å²) in [6, 6.07) is 3.03. The van der Waals surface area contributed by atoms with E-state index in [4.69, 9.17) is 57.2 Å². The number of primary amides is 1. The lowest BCUT2D eigenvalue weighted by Gasteiger charge is -2.27. The fourth-order valence-corrected chi connectivity index (χ4v) is 4.91. The standard InChI is InChI=1S/C17H17Cl3N4O3S2/c18-17(19,20)15(22-13(26)9-5-3-7-27-9)24-16(28)23-14-11(12(21)25)8-4-1-2-6-10(8)29-14/h3,5,7,15H,1-2,4,6H2,(H2,21,25)(H,22,26)(H2,23,24,28)/t15-/m0/s1. The van der Waals surface area contributed by atoms with Gasteiger partial charge in [0.15, 0.2) is 10.9 Å². The van der Waals surface area contributed by atoms with Crippen LogP contribution in [0.2, 0.25) is 0 Å². The van der Waals surface area contributed by atoms with Crippen molar-refractivity contribution in [3.8, 4) is 0 Å². The lowest BCUT2D eigenvalue weighted by atomic mass is 9.95. The van der Waals surface area contributed by atoms with Gasteiger partial charge in [-0.2, -0.15) is 0 Å². The highest BCUT2D eigenvalue weighted by Crippen LogP contribution is 2.38. The van der Waals surface area contributed by atoms with Crippen molar-refractivity contribution in [2.75, 3.05) is 5.32 Å². The molecule has 156 valence electrons. The number of aryl methyl sites for hydroxylation is 1. The summed E-state index contributed by atoms with van der Waals surface area (Å²) in [5, 5.41) is 8.79. The minimum atomic E-state index is -1.92. The predicted molar refractivity (Wildman–Crippen MR) is 119 cm³/mol. The highest BCUT2D eigenvalue weighted by atomic mass is 35.6. The molecular weight excluding hydrogens is 479 g/mol. The van der Waals surface area contributed by atoms with Gasteiger partial charge in [-0.1, -0.05) is 34.8 Å². The summed E-state index contributed by atoms with van der Waals surface area (Å²) in [5.74, 6) is -1.07. The molecule has 2 aromatic rings. The Kier molecular flexibility index (Phi) is 6.95.